The molecule has 8 nitrogen and oxygen atoms in total. The van der Waals surface area contributed by atoms with Gasteiger partial charge in [-0.1, -0.05) is 12.8 Å². The highest BCUT2D eigenvalue weighted by Gasteiger charge is 2.51. The molecule has 0 unspecified atom stereocenters. The van der Waals surface area contributed by atoms with Crippen molar-refractivity contribution in [3.05, 3.63) is 42.0 Å². The van der Waals surface area contributed by atoms with E-state index >= 15 is 0 Å². The number of sulfonamides is 1. The molecule has 1 aliphatic heterocycles. The van der Waals surface area contributed by atoms with E-state index in [4.69, 9.17) is 9.47 Å². The molecular formula is C21H27F3N4O4S. The molecule has 2 aromatic rings. The average molecular weight is 489 g/mol. The number of rotatable bonds is 7. The third-order valence-corrected chi connectivity index (χ3v) is 7.70. The van der Waals surface area contributed by atoms with E-state index in [1.807, 2.05) is 4.90 Å². The lowest BCUT2D eigenvalue weighted by atomic mass is 10.1. The first-order valence-corrected chi connectivity index (χ1v) is 12.2. The first kappa shape index (κ1) is 23.8. The zero-order valence-corrected chi connectivity index (χ0v) is 19.0. The van der Waals surface area contributed by atoms with Crippen LogP contribution in [0.2, 0.25) is 0 Å². The summed E-state index contributed by atoms with van der Waals surface area (Å²) in [6, 6.07) is 4.40. The average Bonchev–Trinajstić information content (AvgIpc) is 3.45. The number of hydrogen-bond donors (Lipinski definition) is 1. The van der Waals surface area contributed by atoms with E-state index in [1.54, 1.807) is 24.4 Å². The Hall–Kier alpha value is -2.31. The van der Waals surface area contributed by atoms with Crippen molar-refractivity contribution >= 4 is 15.7 Å². The monoisotopic (exact) mass is 488 g/mol. The lowest BCUT2D eigenvalue weighted by Gasteiger charge is -2.34. The molecule has 0 amide bonds. The normalized spacial score (nSPS) is 20.6. The molecule has 182 valence electrons. The van der Waals surface area contributed by atoms with Crippen molar-refractivity contribution in [3.63, 3.8) is 0 Å². The van der Waals surface area contributed by atoms with Crippen LogP contribution in [-0.4, -0.2) is 60.6 Å². The van der Waals surface area contributed by atoms with Crippen LogP contribution >= 0.6 is 0 Å². The minimum absolute atomic E-state index is 0.0327. The summed E-state index contributed by atoms with van der Waals surface area (Å²) in [7, 11) is -4.10. The molecule has 33 heavy (non-hydrogen) atoms. The molecule has 1 fully saturated rings. The van der Waals surface area contributed by atoms with Crippen molar-refractivity contribution in [1.29, 1.82) is 0 Å². The highest BCUT2D eigenvalue weighted by atomic mass is 32.2. The number of aromatic amines is 1. The van der Waals surface area contributed by atoms with Gasteiger partial charge in [0, 0.05) is 25.0 Å². The second-order valence-corrected chi connectivity index (χ2v) is 10.3. The van der Waals surface area contributed by atoms with E-state index in [-0.39, 0.29) is 19.3 Å². The van der Waals surface area contributed by atoms with Gasteiger partial charge >= 0.3 is 15.5 Å². The fourth-order valence-corrected chi connectivity index (χ4v) is 5.39. The standard InChI is InChI=1S/C21H27F3N4O4S/c1-31-19-6-7-20-15(8-19)10-27(33(29,30)21(22,23)24)12-17(13-32-18-4-2-3-5-18)28(20)11-16-9-25-14-26-16/h6-9,14,17-18H,2-5,10-13H2,1H3,(H,25,26)/t17-/m1/s1. The predicted octanol–water partition coefficient (Wildman–Crippen LogP) is 3.42. The number of benzene rings is 1. The zero-order chi connectivity index (χ0) is 23.6. The van der Waals surface area contributed by atoms with E-state index in [0.717, 1.165) is 31.4 Å². The fraction of sp³-hybridized carbons (Fsp3) is 0.571. The summed E-state index contributed by atoms with van der Waals surface area (Å²) in [5.41, 5.74) is -3.60. The molecule has 12 heteroatoms. The van der Waals surface area contributed by atoms with E-state index in [1.165, 1.54) is 13.4 Å². The van der Waals surface area contributed by atoms with Crippen molar-refractivity contribution in [2.75, 3.05) is 25.2 Å². The van der Waals surface area contributed by atoms with Gasteiger partial charge in [-0.25, -0.2) is 13.4 Å². The van der Waals surface area contributed by atoms with Crippen LogP contribution in [-0.2, 0) is 27.8 Å². The van der Waals surface area contributed by atoms with Crippen LogP contribution in [0.4, 0.5) is 18.9 Å². The smallest absolute Gasteiger partial charge is 0.497 e. The van der Waals surface area contributed by atoms with Gasteiger partial charge in [0.1, 0.15) is 5.75 Å². The minimum Gasteiger partial charge on any atom is -0.497 e. The molecule has 2 heterocycles. The van der Waals surface area contributed by atoms with Crippen LogP contribution in [0.15, 0.2) is 30.7 Å². The molecule has 0 spiro atoms. The van der Waals surface area contributed by atoms with E-state index in [2.05, 4.69) is 9.97 Å². The number of aromatic nitrogens is 2. The predicted molar refractivity (Wildman–Crippen MR) is 115 cm³/mol. The Morgan fingerprint density at radius 1 is 1.24 bits per heavy atom. The molecular weight excluding hydrogens is 461 g/mol. The van der Waals surface area contributed by atoms with Crippen LogP contribution < -0.4 is 9.64 Å². The fourth-order valence-electron chi connectivity index (χ4n) is 4.42. The Bertz CT molecular complexity index is 1040. The van der Waals surface area contributed by atoms with Gasteiger partial charge in [-0.15, -0.1) is 0 Å². The van der Waals surface area contributed by atoms with Gasteiger partial charge in [-0.2, -0.15) is 17.5 Å². The van der Waals surface area contributed by atoms with Crippen LogP contribution in [0.1, 0.15) is 36.9 Å². The molecule has 0 radical (unpaired) electrons. The molecule has 1 atom stereocenters. The van der Waals surface area contributed by atoms with Crippen LogP contribution in [0.3, 0.4) is 0 Å². The Morgan fingerprint density at radius 3 is 2.64 bits per heavy atom. The number of ether oxygens (including phenoxy) is 2. The molecule has 1 aromatic heterocycles. The number of methoxy groups -OCH3 is 1. The number of nitrogens with zero attached hydrogens (tertiary/aromatic N) is 3. The zero-order valence-electron chi connectivity index (χ0n) is 18.2. The van der Waals surface area contributed by atoms with Crippen molar-refractivity contribution < 1.29 is 31.1 Å². The molecule has 1 N–H and O–H groups in total. The third kappa shape index (κ3) is 5.12. The Balaban J connectivity index is 1.74. The number of alkyl halides is 3. The minimum atomic E-state index is -5.55. The maximum absolute atomic E-state index is 13.5. The second kappa shape index (κ2) is 9.51. The number of anilines is 1. The Kier molecular flexibility index (Phi) is 6.87. The maximum Gasteiger partial charge on any atom is 0.511 e. The number of fused-ring (bicyclic) bond motifs is 1. The van der Waals surface area contributed by atoms with Gasteiger partial charge < -0.3 is 19.4 Å². The first-order chi connectivity index (χ1) is 15.7. The summed E-state index contributed by atoms with van der Waals surface area (Å²) in [4.78, 5) is 8.93. The van der Waals surface area contributed by atoms with Crippen LogP contribution in [0.25, 0.3) is 0 Å². The number of hydrogen-bond acceptors (Lipinski definition) is 6. The molecule has 2 aliphatic rings. The Labute approximate surface area is 190 Å². The lowest BCUT2D eigenvalue weighted by Crippen LogP contribution is -2.49. The highest BCUT2D eigenvalue weighted by molar-refractivity contribution is 7.89. The first-order valence-electron chi connectivity index (χ1n) is 10.8. The summed E-state index contributed by atoms with van der Waals surface area (Å²) >= 11 is 0. The lowest BCUT2D eigenvalue weighted by molar-refractivity contribution is -0.0495. The molecule has 1 aliphatic carbocycles. The molecule has 4 rings (SSSR count). The summed E-state index contributed by atoms with van der Waals surface area (Å²) in [6.07, 6.45) is 7.07. The third-order valence-electron chi connectivity index (χ3n) is 6.15. The molecule has 0 bridgehead atoms. The van der Waals surface area contributed by atoms with Gasteiger partial charge in [-0.05, 0) is 36.6 Å². The summed E-state index contributed by atoms with van der Waals surface area (Å²) in [5, 5.41) is 0. The van der Waals surface area contributed by atoms with Crippen molar-refractivity contribution in [2.24, 2.45) is 0 Å². The molecule has 1 saturated carbocycles. The summed E-state index contributed by atoms with van der Waals surface area (Å²) in [5.74, 6) is 0.431. The van der Waals surface area contributed by atoms with E-state index in [0.29, 0.717) is 27.9 Å². The largest absolute Gasteiger partial charge is 0.511 e. The van der Waals surface area contributed by atoms with Crippen molar-refractivity contribution in [1.82, 2.24) is 14.3 Å². The van der Waals surface area contributed by atoms with Gasteiger partial charge in [0.2, 0.25) is 0 Å². The van der Waals surface area contributed by atoms with Gasteiger partial charge in [0.25, 0.3) is 0 Å². The summed E-state index contributed by atoms with van der Waals surface area (Å²) < 4.78 is 77.3. The van der Waals surface area contributed by atoms with Crippen LogP contribution in [0.5, 0.6) is 5.75 Å². The van der Waals surface area contributed by atoms with Gasteiger partial charge in [0.05, 0.1) is 44.4 Å². The number of halogens is 3. The van der Waals surface area contributed by atoms with Gasteiger partial charge in [-0.3, -0.25) is 0 Å². The van der Waals surface area contributed by atoms with Crippen molar-refractivity contribution in [3.8, 4) is 5.75 Å². The SMILES string of the molecule is COc1ccc2c(c1)CN(S(=O)(=O)C(F)(F)F)C[C@H](COC1CCCC1)N2Cc1cnc[nH]1. The second-order valence-electron chi connectivity index (χ2n) is 8.34. The van der Waals surface area contributed by atoms with Crippen LogP contribution in [0, 0.1) is 0 Å². The van der Waals surface area contributed by atoms with Crippen molar-refractivity contribution in [2.45, 2.75) is 56.4 Å². The summed E-state index contributed by atoms with van der Waals surface area (Å²) in [6.45, 7) is -0.375. The number of imidazole rings is 1. The quantitative estimate of drug-likeness (QED) is 0.643. The topological polar surface area (TPSA) is 87.8 Å². The van der Waals surface area contributed by atoms with Gasteiger partial charge in [0.15, 0.2) is 0 Å². The number of nitrogens with one attached hydrogen (secondary N) is 1. The molecule has 1 aromatic carbocycles. The highest BCUT2D eigenvalue weighted by Crippen LogP contribution is 2.36. The number of H-pyrrole nitrogens is 1. The Morgan fingerprint density at radius 2 is 2.00 bits per heavy atom. The van der Waals surface area contributed by atoms with E-state index < -0.39 is 28.1 Å². The van der Waals surface area contributed by atoms with E-state index in [9.17, 15) is 21.6 Å². The molecule has 0 saturated heterocycles. The maximum atomic E-state index is 13.5.